The largest absolute Gasteiger partial charge is 0.484 e. The molecule has 152 valence electrons. The van der Waals surface area contributed by atoms with Gasteiger partial charge in [-0.05, 0) is 24.1 Å². The van der Waals surface area contributed by atoms with Crippen LogP contribution in [0, 0.1) is 0 Å². The molecule has 1 amide bonds. The van der Waals surface area contributed by atoms with Gasteiger partial charge >= 0.3 is 0 Å². The topological polar surface area (TPSA) is 69.0 Å². The summed E-state index contributed by atoms with van der Waals surface area (Å²) >= 11 is 7.52. The molecular formula is C21H23ClN4O2S. The highest BCUT2D eigenvalue weighted by Gasteiger charge is 2.21. The van der Waals surface area contributed by atoms with Crippen LogP contribution in [-0.2, 0) is 25.0 Å². The second-order valence-corrected chi connectivity index (χ2v) is 7.97. The molecule has 29 heavy (non-hydrogen) atoms. The molecule has 0 radical (unpaired) electrons. The van der Waals surface area contributed by atoms with Crippen LogP contribution in [0.2, 0.25) is 5.02 Å². The van der Waals surface area contributed by atoms with Crippen molar-refractivity contribution >= 4 is 29.3 Å². The van der Waals surface area contributed by atoms with Gasteiger partial charge in [-0.2, -0.15) is 0 Å². The highest BCUT2D eigenvalue weighted by Crippen LogP contribution is 2.26. The van der Waals surface area contributed by atoms with Gasteiger partial charge in [-0.25, -0.2) is 0 Å². The van der Waals surface area contributed by atoms with Gasteiger partial charge in [0.2, 0.25) is 5.91 Å². The zero-order valence-electron chi connectivity index (χ0n) is 16.3. The van der Waals surface area contributed by atoms with E-state index in [1.54, 1.807) is 12.1 Å². The summed E-state index contributed by atoms with van der Waals surface area (Å²) in [7, 11) is 1.86. The smallest absolute Gasteiger partial charge is 0.233 e. The maximum absolute atomic E-state index is 12.6. The second-order valence-electron chi connectivity index (χ2n) is 6.40. The van der Waals surface area contributed by atoms with Crippen molar-refractivity contribution in [3.8, 4) is 5.75 Å². The number of hydrogen-bond donors (Lipinski definition) is 1. The first kappa shape index (κ1) is 21.2. The van der Waals surface area contributed by atoms with E-state index in [0.717, 1.165) is 5.56 Å². The Kier molecular flexibility index (Phi) is 7.55. The highest BCUT2D eigenvalue weighted by molar-refractivity contribution is 8.00. The molecule has 3 rings (SSSR count). The SMILES string of the molecule is CCC(Sc1nnc(COc2ccccc2Cl)n1C)C(=O)NCc1ccccc1. The van der Waals surface area contributed by atoms with Crippen LogP contribution in [0.25, 0.3) is 0 Å². The lowest BCUT2D eigenvalue weighted by Crippen LogP contribution is -2.32. The second kappa shape index (κ2) is 10.3. The zero-order valence-corrected chi connectivity index (χ0v) is 17.9. The average molecular weight is 431 g/mol. The molecule has 1 heterocycles. The lowest BCUT2D eigenvalue weighted by Gasteiger charge is -2.14. The number of carbonyl (C=O) groups excluding carboxylic acids is 1. The summed E-state index contributed by atoms with van der Waals surface area (Å²) in [5, 5.41) is 12.4. The number of benzene rings is 2. The van der Waals surface area contributed by atoms with Crippen molar-refractivity contribution in [1.82, 2.24) is 20.1 Å². The van der Waals surface area contributed by atoms with E-state index < -0.39 is 0 Å². The minimum Gasteiger partial charge on any atom is -0.484 e. The lowest BCUT2D eigenvalue weighted by atomic mass is 10.2. The van der Waals surface area contributed by atoms with Crippen LogP contribution in [0.15, 0.2) is 59.8 Å². The van der Waals surface area contributed by atoms with Crippen LogP contribution in [0.3, 0.4) is 0 Å². The number of para-hydroxylation sites is 1. The van der Waals surface area contributed by atoms with Crippen molar-refractivity contribution in [2.45, 2.75) is 36.9 Å². The van der Waals surface area contributed by atoms with Gasteiger partial charge in [-0.3, -0.25) is 4.79 Å². The Labute approximate surface area is 179 Å². The molecule has 1 unspecified atom stereocenters. The number of aromatic nitrogens is 3. The first-order valence-corrected chi connectivity index (χ1v) is 10.6. The molecule has 8 heteroatoms. The van der Waals surface area contributed by atoms with Crippen LogP contribution < -0.4 is 10.1 Å². The standard InChI is InChI=1S/C21H23ClN4O2S/c1-3-18(20(27)23-13-15-9-5-4-6-10-15)29-21-25-24-19(26(21)2)14-28-17-12-8-7-11-16(17)22/h4-12,18H,3,13-14H2,1-2H3,(H,23,27). The number of ether oxygens (including phenoxy) is 1. The van der Waals surface area contributed by atoms with Crippen molar-refractivity contribution < 1.29 is 9.53 Å². The number of thioether (sulfide) groups is 1. The van der Waals surface area contributed by atoms with E-state index >= 15 is 0 Å². The molecule has 1 atom stereocenters. The fourth-order valence-electron chi connectivity index (χ4n) is 2.63. The van der Waals surface area contributed by atoms with Crippen molar-refractivity contribution in [1.29, 1.82) is 0 Å². The average Bonchev–Trinajstić information content (AvgIpc) is 3.09. The van der Waals surface area contributed by atoms with Crippen LogP contribution in [0.4, 0.5) is 0 Å². The van der Waals surface area contributed by atoms with Crippen molar-refractivity contribution in [2.24, 2.45) is 7.05 Å². The number of rotatable bonds is 9. The molecule has 0 aliphatic rings. The van der Waals surface area contributed by atoms with Gasteiger partial charge in [0.15, 0.2) is 11.0 Å². The van der Waals surface area contributed by atoms with E-state index in [9.17, 15) is 4.79 Å². The minimum absolute atomic E-state index is 0.0155. The fraction of sp³-hybridized carbons (Fsp3) is 0.286. The van der Waals surface area contributed by atoms with Gasteiger partial charge in [-0.15, -0.1) is 10.2 Å². The molecule has 2 aromatic carbocycles. The monoisotopic (exact) mass is 430 g/mol. The van der Waals surface area contributed by atoms with Gasteiger partial charge in [0, 0.05) is 13.6 Å². The summed E-state index contributed by atoms with van der Waals surface area (Å²) in [6.07, 6.45) is 0.684. The molecule has 0 saturated carbocycles. The van der Waals surface area contributed by atoms with Gasteiger partial charge in [-0.1, -0.05) is 72.8 Å². The molecule has 6 nitrogen and oxygen atoms in total. The third kappa shape index (κ3) is 5.74. The van der Waals surface area contributed by atoms with Crippen molar-refractivity contribution in [2.75, 3.05) is 0 Å². The Morgan fingerprint density at radius 2 is 1.90 bits per heavy atom. The molecule has 3 aromatic rings. The lowest BCUT2D eigenvalue weighted by molar-refractivity contribution is -0.120. The number of carbonyl (C=O) groups is 1. The Bertz CT molecular complexity index is 949. The molecule has 1 aromatic heterocycles. The number of hydrogen-bond acceptors (Lipinski definition) is 5. The van der Waals surface area contributed by atoms with E-state index in [0.29, 0.717) is 34.7 Å². The van der Waals surface area contributed by atoms with E-state index in [4.69, 9.17) is 16.3 Å². The number of nitrogens with one attached hydrogen (secondary N) is 1. The summed E-state index contributed by atoms with van der Waals surface area (Å²) in [5.41, 5.74) is 1.07. The summed E-state index contributed by atoms with van der Waals surface area (Å²) in [4.78, 5) is 12.6. The van der Waals surface area contributed by atoms with Gasteiger partial charge in [0.25, 0.3) is 0 Å². The van der Waals surface area contributed by atoms with E-state index in [-0.39, 0.29) is 17.8 Å². The summed E-state index contributed by atoms with van der Waals surface area (Å²) in [5.74, 6) is 1.24. The zero-order chi connectivity index (χ0) is 20.6. The number of amides is 1. The minimum atomic E-state index is -0.251. The highest BCUT2D eigenvalue weighted by atomic mass is 35.5. The predicted octanol–water partition coefficient (Wildman–Crippen LogP) is 4.23. The Morgan fingerprint density at radius 1 is 1.17 bits per heavy atom. The quantitative estimate of drug-likeness (QED) is 0.514. The normalized spacial score (nSPS) is 11.8. The molecular weight excluding hydrogens is 408 g/mol. The van der Waals surface area contributed by atoms with E-state index in [2.05, 4.69) is 15.5 Å². The van der Waals surface area contributed by atoms with Crippen LogP contribution in [-0.4, -0.2) is 25.9 Å². The van der Waals surface area contributed by atoms with Crippen LogP contribution in [0.5, 0.6) is 5.75 Å². The van der Waals surface area contributed by atoms with E-state index in [1.807, 2.05) is 61.0 Å². The van der Waals surface area contributed by atoms with Gasteiger partial charge < -0.3 is 14.6 Å². The first-order valence-electron chi connectivity index (χ1n) is 9.32. The fourth-order valence-corrected chi connectivity index (χ4v) is 3.78. The molecule has 0 saturated heterocycles. The van der Waals surface area contributed by atoms with Crippen LogP contribution >= 0.6 is 23.4 Å². The summed E-state index contributed by atoms with van der Waals surface area (Å²) < 4.78 is 7.58. The van der Waals surface area contributed by atoms with Crippen molar-refractivity contribution in [3.05, 3.63) is 71.0 Å². The van der Waals surface area contributed by atoms with Gasteiger partial charge in [0.05, 0.1) is 10.3 Å². The molecule has 0 fully saturated rings. The van der Waals surface area contributed by atoms with Crippen molar-refractivity contribution in [3.63, 3.8) is 0 Å². The third-order valence-electron chi connectivity index (χ3n) is 4.34. The number of halogens is 1. The molecule has 0 aliphatic carbocycles. The predicted molar refractivity (Wildman–Crippen MR) is 115 cm³/mol. The molecule has 0 spiro atoms. The molecule has 0 aliphatic heterocycles. The maximum Gasteiger partial charge on any atom is 0.233 e. The van der Waals surface area contributed by atoms with Gasteiger partial charge in [0.1, 0.15) is 12.4 Å². The Morgan fingerprint density at radius 3 is 2.62 bits per heavy atom. The van der Waals surface area contributed by atoms with Crippen LogP contribution in [0.1, 0.15) is 24.7 Å². The maximum atomic E-state index is 12.6. The third-order valence-corrected chi connectivity index (χ3v) is 6.05. The molecule has 0 bridgehead atoms. The molecule has 1 N–H and O–H groups in total. The number of nitrogens with zero attached hydrogens (tertiary/aromatic N) is 3. The van der Waals surface area contributed by atoms with E-state index in [1.165, 1.54) is 11.8 Å². The summed E-state index contributed by atoms with van der Waals surface area (Å²) in [6.45, 7) is 2.73. The summed E-state index contributed by atoms with van der Waals surface area (Å²) in [6, 6.07) is 17.1. The Balaban J connectivity index is 1.58. The Hall–Kier alpha value is -2.51. The first-order chi connectivity index (χ1) is 14.1.